The number of rotatable bonds is 5. The molecule has 0 saturated carbocycles. The molecule has 2 heterocycles. The highest BCUT2D eigenvalue weighted by atomic mass is 16.5. The summed E-state index contributed by atoms with van der Waals surface area (Å²) >= 11 is 0. The van der Waals surface area contributed by atoms with Gasteiger partial charge in [-0.25, -0.2) is 0 Å². The van der Waals surface area contributed by atoms with Crippen LogP contribution in [0.5, 0.6) is 0 Å². The highest BCUT2D eigenvalue weighted by Gasteiger charge is 2.42. The topological polar surface area (TPSA) is 52.0 Å². The Balaban J connectivity index is 2.09. The fraction of sp³-hybridized carbons (Fsp3) is 0.846. The summed E-state index contributed by atoms with van der Waals surface area (Å²) in [5.74, 6) is 0. The van der Waals surface area contributed by atoms with Crippen molar-refractivity contribution < 1.29 is 4.74 Å². The molecule has 0 aromatic carbocycles. The lowest BCUT2D eigenvalue weighted by molar-refractivity contribution is 0.0616. The summed E-state index contributed by atoms with van der Waals surface area (Å²) in [7, 11) is 1.91. The quantitative estimate of drug-likeness (QED) is 0.854. The Bertz CT molecular complexity index is 390. The summed E-state index contributed by atoms with van der Waals surface area (Å²) in [5.41, 5.74) is 1.21. The molecule has 1 aliphatic heterocycles. The third kappa shape index (κ3) is 2.90. The Labute approximate surface area is 109 Å². The van der Waals surface area contributed by atoms with E-state index in [1.165, 1.54) is 0 Å². The van der Waals surface area contributed by atoms with Crippen molar-refractivity contribution in [1.82, 2.24) is 20.3 Å². The van der Waals surface area contributed by atoms with Gasteiger partial charge < -0.3 is 10.1 Å². The average Bonchev–Trinajstić information content (AvgIpc) is 2.85. The van der Waals surface area contributed by atoms with E-state index in [-0.39, 0.29) is 11.5 Å². The van der Waals surface area contributed by atoms with Crippen molar-refractivity contribution in [2.24, 2.45) is 12.5 Å². The Morgan fingerprint density at radius 3 is 2.89 bits per heavy atom. The third-order valence-electron chi connectivity index (χ3n) is 3.88. The third-order valence-corrected chi connectivity index (χ3v) is 3.88. The summed E-state index contributed by atoms with van der Waals surface area (Å²) in [5, 5.41) is 11.8. The SMILES string of the molecule is CC(C)NCC1(Cc2cn(C)nn2)CCOC1C. The van der Waals surface area contributed by atoms with Gasteiger partial charge in [0.25, 0.3) is 0 Å². The minimum absolute atomic E-state index is 0.153. The van der Waals surface area contributed by atoms with Gasteiger partial charge in [-0.2, -0.15) is 0 Å². The lowest BCUT2D eigenvalue weighted by Crippen LogP contribution is -2.43. The maximum Gasteiger partial charge on any atom is 0.0834 e. The van der Waals surface area contributed by atoms with Crippen molar-refractivity contribution in [2.45, 2.75) is 45.8 Å². The van der Waals surface area contributed by atoms with Gasteiger partial charge in [-0.1, -0.05) is 19.1 Å². The zero-order valence-corrected chi connectivity index (χ0v) is 11.8. The molecule has 0 spiro atoms. The van der Waals surface area contributed by atoms with Gasteiger partial charge in [0, 0.05) is 44.3 Å². The van der Waals surface area contributed by atoms with E-state index < -0.39 is 0 Å². The maximum atomic E-state index is 5.79. The molecule has 2 atom stereocenters. The molecule has 1 saturated heterocycles. The first-order valence-electron chi connectivity index (χ1n) is 6.72. The van der Waals surface area contributed by atoms with E-state index in [4.69, 9.17) is 4.74 Å². The molecule has 1 N–H and O–H groups in total. The predicted octanol–water partition coefficient (Wildman–Crippen LogP) is 1.15. The smallest absolute Gasteiger partial charge is 0.0834 e. The summed E-state index contributed by atoms with van der Waals surface area (Å²) in [6.07, 6.45) is 4.29. The summed E-state index contributed by atoms with van der Waals surface area (Å²) in [6.45, 7) is 8.35. The minimum atomic E-state index is 0.153. The molecule has 0 radical (unpaired) electrons. The Kier molecular flexibility index (Phi) is 4.02. The van der Waals surface area contributed by atoms with Crippen LogP contribution >= 0.6 is 0 Å². The van der Waals surface area contributed by atoms with Crippen LogP contribution in [0.4, 0.5) is 0 Å². The van der Waals surface area contributed by atoms with E-state index in [0.29, 0.717) is 6.04 Å². The van der Waals surface area contributed by atoms with E-state index in [1.807, 2.05) is 13.2 Å². The van der Waals surface area contributed by atoms with Crippen LogP contribution < -0.4 is 5.32 Å². The molecular weight excluding hydrogens is 228 g/mol. The second-order valence-electron chi connectivity index (χ2n) is 5.72. The van der Waals surface area contributed by atoms with Gasteiger partial charge in [-0.05, 0) is 13.3 Å². The van der Waals surface area contributed by atoms with Gasteiger partial charge >= 0.3 is 0 Å². The molecule has 1 aromatic rings. The van der Waals surface area contributed by atoms with Crippen LogP contribution in [0.2, 0.25) is 0 Å². The number of hydrogen-bond donors (Lipinski definition) is 1. The summed E-state index contributed by atoms with van der Waals surface area (Å²) in [6, 6.07) is 0.497. The van der Waals surface area contributed by atoms with Gasteiger partial charge in [-0.3, -0.25) is 4.68 Å². The van der Waals surface area contributed by atoms with Gasteiger partial charge in [0.1, 0.15) is 0 Å². The predicted molar refractivity (Wildman–Crippen MR) is 70.3 cm³/mol. The molecular formula is C13H24N4O. The molecule has 1 fully saturated rings. The van der Waals surface area contributed by atoms with E-state index in [9.17, 15) is 0 Å². The number of aromatic nitrogens is 3. The minimum Gasteiger partial charge on any atom is -0.378 e. The van der Waals surface area contributed by atoms with Crippen LogP contribution in [0.25, 0.3) is 0 Å². The number of nitrogens with one attached hydrogen (secondary N) is 1. The monoisotopic (exact) mass is 252 g/mol. The van der Waals surface area contributed by atoms with Crippen molar-refractivity contribution in [3.8, 4) is 0 Å². The molecule has 102 valence electrons. The molecule has 0 aliphatic carbocycles. The Morgan fingerprint density at radius 1 is 1.61 bits per heavy atom. The lowest BCUT2D eigenvalue weighted by atomic mass is 9.77. The first-order chi connectivity index (χ1) is 8.52. The molecule has 0 bridgehead atoms. The molecule has 2 unspecified atom stereocenters. The van der Waals surface area contributed by atoms with E-state index in [2.05, 4.69) is 36.4 Å². The second-order valence-corrected chi connectivity index (χ2v) is 5.72. The number of hydrogen-bond acceptors (Lipinski definition) is 4. The molecule has 2 rings (SSSR count). The van der Waals surface area contributed by atoms with Crippen LogP contribution in [-0.4, -0.2) is 40.3 Å². The summed E-state index contributed by atoms with van der Waals surface area (Å²) < 4.78 is 7.55. The van der Waals surface area contributed by atoms with Crippen molar-refractivity contribution >= 4 is 0 Å². The number of nitrogens with zero attached hydrogens (tertiary/aromatic N) is 3. The van der Waals surface area contributed by atoms with Gasteiger partial charge in [-0.15, -0.1) is 5.10 Å². The summed E-state index contributed by atoms with van der Waals surface area (Å²) in [4.78, 5) is 0. The van der Waals surface area contributed by atoms with Crippen molar-refractivity contribution in [3.05, 3.63) is 11.9 Å². The number of ether oxygens (including phenoxy) is 1. The van der Waals surface area contributed by atoms with Crippen molar-refractivity contribution in [1.29, 1.82) is 0 Å². The largest absolute Gasteiger partial charge is 0.378 e. The zero-order valence-electron chi connectivity index (χ0n) is 11.8. The van der Waals surface area contributed by atoms with Crippen LogP contribution in [-0.2, 0) is 18.2 Å². The van der Waals surface area contributed by atoms with Crippen molar-refractivity contribution in [3.63, 3.8) is 0 Å². The van der Waals surface area contributed by atoms with Crippen molar-refractivity contribution in [2.75, 3.05) is 13.2 Å². The van der Waals surface area contributed by atoms with Crippen LogP contribution in [0, 0.1) is 5.41 Å². The lowest BCUT2D eigenvalue weighted by Gasteiger charge is -2.32. The van der Waals surface area contributed by atoms with Crippen LogP contribution in [0.15, 0.2) is 6.20 Å². The second kappa shape index (κ2) is 5.36. The molecule has 0 amide bonds. The van der Waals surface area contributed by atoms with Gasteiger partial charge in [0.15, 0.2) is 0 Å². The fourth-order valence-corrected chi connectivity index (χ4v) is 2.59. The van der Waals surface area contributed by atoms with Gasteiger partial charge in [0.2, 0.25) is 0 Å². The van der Waals surface area contributed by atoms with Crippen LogP contribution in [0.3, 0.4) is 0 Å². The first kappa shape index (κ1) is 13.5. The molecule has 5 nitrogen and oxygen atoms in total. The standard InChI is InChI=1S/C13H24N4O/c1-10(2)14-9-13(5-6-18-11(13)3)7-12-8-17(4)16-15-12/h8,10-11,14H,5-7,9H2,1-4H3. The maximum absolute atomic E-state index is 5.79. The first-order valence-corrected chi connectivity index (χ1v) is 6.72. The molecule has 1 aliphatic rings. The molecule has 18 heavy (non-hydrogen) atoms. The molecule has 5 heteroatoms. The zero-order chi connectivity index (χ0) is 13.2. The number of aryl methyl sites for hydroxylation is 1. The van der Waals surface area contributed by atoms with E-state index >= 15 is 0 Å². The highest BCUT2D eigenvalue weighted by molar-refractivity contribution is 5.03. The Morgan fingerprint density at radius 2 is 2.39 bits per heavy atom. The molecule has 1 aromatic heterocycles. The van der Waals surface area contributed by atoms with E-state index in [0.717, 1.165) is 31.7 Å². The van der Waals surface area contributed by atoms with E-state index in [1.54, 1.807) is 4.68 Å². The Hall–Kier alpha value is -0.940. The highest BCUT2D eigenvalue weighted by Crippen LogP contribution is 2.37. The van der Waals surface area contributed by atoms with Gasteiger partial charge in [0.05, 0.1) is 11.8 Å². The van der Waals surface area contributed by atoms with Crippen LogP contribution in [0.1, 0.15) is 32.9 Å². The fourth-order valence-electron chi connectivity index (χ4n) is 2.59. The normalized spacial score (nSPS) is 28.2. The average molecular weight is 252 g/mol.